The van der Waals surface area contributed by atoms with Crippen molar-refractivity contribution in [3.8, 4) is 0 Å². The van der Waals surface area contributed by atoms with E-state index in [9.17, 15) is 0 Å². The summed E-state index contributed by atoms with van der Waals surface area (Å²) in [7, 11) is 4.01. The maximum absolute atomic E-state index is 8.59. The van der Waals surface area contributed by atoms with Gasteiger partial charge in [-0.05, 0) is 40.0 Å². The number of nitrogens with zero attached hydrogens (tertiary/aromatic N) is 1. The SMILES string of the molecule is CNCCCCN(C)CCO. The predicted molar refractivity (Wildman–Crippen MR) is 47.7 cm³/mol. The van der Waals surface area contributed by atoms with Crippen LogP contribution in [0.2, 0.25) is 0 Å². The number of aliphatic hydroxyl groups is 1. The summed E-state index contributed by atoms with van der Waals surface area (Å²) in [6.07, 6.45) is 2.42. The number of rotatable bonds is 7. The van der Waals surface area contributed by atoms with Crippen molar-refractivity contribution in [1.82, 2.24) is 10.2 Å². The molecule has 0 aliphatic rings. The third-order valence-corrected chi connectivity index (χ3v) is 1.70. The molecule has 0 saturated heterocycles. The number of nitrogens with one attached hydrogen (secondary N) is 1. The second-order valence-electron chi connectivity index (χ2n) is 2.84. The molecule has 0 bridgehead atoms. The van der Waals surface area contributed by atoms with Gasteiger partial charge in [-0.3, -0.25) is 0 Å². The zero-order valence-electron chi connectivity index (χ0n) is 7.64. The van der Waals surface area contributed by atoms with Gasteiger partial charge in [-0.15, -0.1) is 0 Å². The van der Waals surface area contributed by atoms with E-state index < -0.39 is 0 Å². The molecule has 0 saturated carbocycles. The number of hydrogen-bond acceptors (Lipinski definition) is 3. The Balaban J connectivity index is 2.97. The van der Waals surface area contributed by atoms with E-state index in [1.807, 2.05) is 14.1 Å². The van der Waals surface area contributed by atoms with Crippen LogP contribution in [-0.2, 0) is 0 Å². The average Bonchev–Trinajstić information content (AvgIpc) is 1.99. The molecule has 0 amide bonds. The van der Waals surface area contributed by atoms with E-state index in [1.54, 1.807) is 0 Å². The summed E-state index contributed by atoms with van der Waals surface area (Å²) < 4.78 is 0. The highest BCUT2D eigenvalue weighted by molar-refractivity contribution is 4.51. The van der Waals surface area contributed by atoms with Gasteiger partial charge in [-0.1, -0.05) is 0 Å². The first-order chi connectivity index (χ1) is 5.31. The second-order valence-corrected chi connectivity index (χ2v) is 2.84. The normalized spacial score (nSPS) is 10.9. The van der Waals surface area contributed by atoms with Crippen molar-refractivity contribution in [2.24, 2.45) is 0 Å². The lowest BCUT2D eigenvalue weighted by molar-refractivity contribution is 0.219. The zero-order valence-corrected chi connectivity index (χ0v) is 7.64. The largest absolute Gasteiger partial charge is 0.395 e. The monoisotopic (exact) mass is 160 g/mol. The van der Waals surface area contributed by atoms with Crippen molar-refractivity contribution in [2.45, 2.75) is 12.8 Å². The van der Waals surface area contributed by atoms with Gasteiger partial charge >= 0.3 is 0 Å². The minimum Gasteiger partial charge on any atom is -0.395 e. The topological polar surface area (TPSA) is 35.5 Å². The molecule has 68 valence electrons. The molecule has 3 nitrogen and oxygen atoms in total. The average molecular weight is 160 g/mol. The molecule has 0 aromatic carbocycles. The number of aliphatic hydroxyl groups excluding tert-OH is 1. The zero-order chi connectivity index (χ0) is 8.53. The number of likely N-dealkylation sites (N-methyl/N-ethyl adjacent to an activating group) is 1. The standard InChI is InChI=1S/C8H20N2O/c1-9-5-3-4-6-10(2)7-8-11/h9,11H,3-8H2,1-2H3. The lowest BCUT2D eigenvalue weighted by Gasteiger charge is -2.14. The van der Waals surface area contributed by atoms with Gasteiger partial charge < -0.3 is 15.3 Å². The third-order valence-electron chi connectivity index (χ3n) is 1.70. The van der Waals surface area contributed by atoms with Crippen LogP contribution in [0.25, 0.3) is 0 Å². The van der Waals surface area contributed by atoms with Crippen molar-refractivity contribution < 1.29 is 5.11 Å². The molecular weight excluding hydrogens is 140 g/mol. The highest BCUT2D eigenvalue weighted by Crippen LogP contribution is 1.90. The van der Waals surface area contributed by atoms with E-state index in [0.717, 1.165) is 19.6 Å². The van der Waals surface area contributed by atoms with E-state index in [-0.39, 0.29) is 6.61 Å². The van der Waals surface area contributed by atoms with E-state index in [0.29, 0.717) is 0 Å². The summed E-state index contributed by atoms with van der Waals surface area (Å²) in [5.41, 5.74) is 0. The molecule has 3 heteroatoms. The number of unbranched alkanes of at least 4 members (excludes halogenated alkanes) is 1. The van der Waals surface area contributed by atoms with Gasteiger partial charge in [0.15, 0.2) is 0 Å². The quantitative estimate of drug-likeness (QED) is 0.511. The Morgan fingerprint density at radius 3 is 2.55 bits per heavy atom. The van der Waals surface area contributed by atoms with Crippen LogP contribution < -0.4 is 5.32 Å². The Labute approximate surface area is 69.4 Å². The Morgan fingerprint density at radius 1 is 1.27 bits per heavy atom. The molecule has 0 atom stereocenters. The minimum atomic E-state index is 0.266. The summed E-state index contributed by atoms with van der Waals surface area (Å²) in [6, 6.07) is 0. The molecule has 0 heterocycles. The highest BCUT2D eigenvalue weighted by atomic mass is 16.3. The Hall–Kier alpha value is -0.120. The van der Waals surface area contributed by atoms with E-state index in [1.165, 1.54) is 12.8 Å². The third kappa shape index (κ3) is 7.78. The second kappa shape index (κ2) is 7.98. The van der Waals surface area contributed by atoms with Crippen LogP contribution in [-0.4, -0.2) is 50.3 Å². The van der Waals surface area contributed by atoms with Gasteiger partial charge in [-0.2, -0.15) is 0 Å². The Bertz CT molecular complexity index is 78.5. The summed E-state index contributed by atoms with van der Waals surface area (Å²) in [4.78, 5) is 2.15. The molecule has 0 spiro atoms. The fraction of sp³-hybridized carbons (Fsp3) is 1.00. The molecule has 0 aromatic heterocycles. The lowest BCUT2D eigenvalue weighted by Crippen LogP contribution is -2.23. The predicted octanol–water partition coefficient (Wildman–Crippen LogP) is -0.0899. The summed E-state index contributed by atoms with van der Waals surface area (Å²) >= 11 is 0. The van der Waals surface area contributed by atoms with Crippen molar-refractivity contribution >= 4 is 0 Å². The van der Waals surface area contributed by atoms with Crippen LogP contribution >= 0.6 is 0 Å². The molecular formula is C8H20N2O. The first-order valence-corrected chi connectivity index (χ1v) is 4.25. The first kappa shape index (κ1) is 10.9. The molecule has 0 unspecified atom stereocenters. The van der Waals surface area contributed by atoms with E-state index in [2.05, 4.69) is 10.2 Å². The van der Waals surface area contributed by atoms with E-state index in [4.69, 9.17) is 5.11 Å². The van der Waals surface area contributed by atoms with Gasteiger partial charge in [0.05, 0.1) is 6.61 Å². The van der Waals surface area contributed by atoms with Crippen LogP contribution in [0.3, 0.4) is 0 Å². The van der Waals surface area contributed by atoms with Crippen molar-refractivity contribution in [1.29, 1.82) is 0 Å². The Morgan fingerprint density at radius 2 is 2.00 bits per heavy atom. The van der Waals surface area contributed by atoms with Crippen molar-refractivity contribution in [3.63, 3.8) is 0 Å². The molecule has 0 aromatic rings. The van der Waals surface area contributed by atoms with Gasteiger partial charge in [0.25, 0.3) is 0 Å². The lowest BCUT2D eigenvalue weighted by atomic mass is 10.3. The van der Waals surface area contributed by atoms with Gasteiger partial charge in [-0.25, -0.2) is 0 Å². The fourth-order valence-electron chi connectivity index (χ4n) is 0.966. The van der Waals surface area contributed by atoms with Crippen LogP contribution in [0.4, 0.5) is 0 Å². The molecule has 11 heavy (non-hydrogen) atoms. The first-order valence-electron chi connectivity index (χ1n) is 4.25. The fourth-order valence-corrected chi connectivity index (χ4v) is 0.966. The van der Waals surface area contributed by atoms with Crippen LogP contribution in [0, 0.1) is 0 Å². The van der Waals surface area contributed by atoms with Gasteiger partial charge in [0, 0.05) is 6.54 Å². The van der Waals surface area contributed by atoms with Gasteiger partial charge in [0.1, 0.15) is 0 Å². The van der Waals surface area contributed by atoms with Gasteiger partial charge in [0.2, 0.25) is 0 Å². The van der Waals surface area contributed by atoms with Crippen LogP contribution in [0.5, 0.6) is 0 Å². The molecule has 0 rings (SSSR count). The smallest absolute Gasteiger partial charge is 0.0558 e. The van der Waals surface area contributed by atoms with Crippen molar-refractivity contribution in [3.05, 3.63) is 0 Å². The molecule has 0 fully saturated rings. The van der Waals surface area contributed by atoms with Crippen LogP contribution in [0.15, 0.2) is 0 Å². The minimum absolute atomic E-state index is 0.266. The molecule has 0 radical (unpaired) electrons. The summed E-state index contributed by atoms with van der Waals surface area (Å²) in [5, 5.41) is 11.7. The maximum Gasteiger partial charge on any atom is 0.0558 e. The van der Waals surface area contributed by atoms with Crippen molar-refractivity contribution in [2.75, 3.05) is 40.3 Å². The molecule has 0 aliphatic heterocycles. The Kier molecular flexibility index (Phi) is 7.89. The highest BCUT2D eigenvalue weighted by Gasteiger charge is 1.94. The number of hydrogen-bond donors (Lipinski definition) is 2. The molecule has 2 N–H and O–H groups in total. The van der Waals surface area contributed by atoms with Crippen LogP contribution in [0.1, 0.15) is 12.8 Å². The molecule has 0 aliphatic carbocycles. The summed E-state index contributed by atoms with van der Waals surface area (Å²) in [5.74, 6) is 0. The maximum atomic E-state index is 8.59. The summed E-state index contributed by atoms with van der Waals surface area (Å²) in [6.45, 7) is 3.23. The van der Waals surface area contributed by atoms with E-state index >= 15 is 0 Å².